The van der Waals surface area contributed by atoms with Gasteiger partial charge in [0, 0.05) is 69.1 Å². The van der Waals surface area contributed by atoms with Crippen molar-refractivity contribution in [3.8, 4) is 5.75 Å². The van der Waals surface area contributed by atoms with Crippen molar-refractivity contribution in [1.82, 2.24) is 9.88 Å². The van der Waals surface area contributed by atoms with Gasteiger partial charge in [-0.05, 0) is 67.3 Å². The van der Waals surface area contributed by atoms with Crippen molar-refractivity contribution in [2.45, 2.75) is 43.1 Å². The van der Waals surface area contributed by atoms with E-state index in [4.69, 9.17) is 11.3 Å². The van der Waals surface area contributed by atoms with Crippen LogP contribution in [0.2, 0.25) is 0 Å². The van der Waals surface area contributed by atoms with Crippen LogP contribution in [-0.2, 0) is 9.84 Å². The third kappa shape index (κ3) is 7.15. The molecule has 0 radical (unpaired) electrons. The molecule has 218 valence electrons. The van der Waals surface area contributed by atoms with E-state index in [0.717, 1.165) is 37.4 Å². The third-order valence-electron chi connectivity index (χ3n) is 8.02. The van der Waals surface area contributed by atoms with Crippen LogP contribution in [0.25, 0.3) is 4.85 Å². The molecule has 0 unspecified atom stereocenters. The fourth-order valence-corrected chi connectivity index (χ4v) is 6.13. The first kappa shape index (κ1) is 29.3. The number of anilines is 1. The smallest absolute Gasteiger partial charge is 0.272 e. The number of hydrogen-bond acceptors (Lipinski definition) is 7. The summed E-state index contributed by atoms with van der Waals surface area (Å²) in [5.41, 5.74) is 2.40. The van der Waals surface area contributed by atoms with E-state index >= 15 is 0 Å². The molecule has 9 nitrogen and oxygen atoms in total. The second-order valence-corrected chi connectivity index (χ2v) is 13.0. The molecule has 0 bridgehead atoms. The van der Waals surface area contributed by atoms with Crippen LogP contribution in [0.3, 0.4) is 0 Å². The number of likely N-dealkylation sites (tertiary alicyclic amines) is 1. The number of aromatic nitrogens is 1. The Kier molecular flexibility index (Phi) is 8.88. The average Bonchev–Trinajstić information content (AvgIpc) is 3.01. The molecule has 2 aromatic carbocycles. The summed E-state index contributed by atoms with van der Waals surface area (Å²) in [4.78, 5) is 38.0. The number of nitrogens with zero attached hydrogens (tertiary/aromatic N) is 4. The van der Waals surface area contributed by atoms with Gasteiger partial charge in [0.05, 0.1) is 11.5 Å². The van der Waals surface area contributed by atoms with Crippen molar-refractivity contribution >= 4 is 32.9 Å². The van der Waals surface area contributed by atoms with Gasteiger partial charge < -0.3 is 14.5 Å². The van der Waals surface area contributed by atoms with Crippen molar-refractivity contribution in [3.63, 3.8) is 0 Å². The summed E-state index contributed by atoms with van der Waals surface area (Å²) >= 11 is 0. The highest BCUT2D eigenvalue weighted by Gasteiger charge is 2.26. The van der Waals surface area contributed by atoms with Crippen LogP contribution in [0.4, 0.5) is 11.4 Å². The summed E-state index contributed by atoms with van der Waals surface area (Å²) in [5.74, 6) is 0.867. The van der Waals surface area contributed by atoms with E-state index in [0.29, 0.717) is 54.2 Å². The average molecular weight is 587 g/mol. The van der Waals surface area contributed by atoms with Gasteiger partial charge >= 0.3 is 0 Å². The minimum atomic E-state index is -3.22. The van der Waals surface area contributed by atoms with Gasteiger partial charge in [0.25, 0.3) is 5.91 Å². The number of carbonyl (C=O) groups is 2. The van der Waals surface area contributed by atoms with Gasteiger partial charge in [-0.25, -0.2) is 13.3 Å². The van der Waals surface area contributed by atoms with Crippen LogP contribution >= 0.6 is 0 Å². The molecule has 3 heterocycles. The van der Waals surface area contributed by atoms with Crippen molar-refractivity contribution in [2.24, 2.45) is 5.92 Å². The Morgan fingerprint density at radius 3 is 2.17 bits per heavy atom. The molecule has 0 spiro atoms. The Labute approximate surface area is 246 Å². The van der Waals surface area contributed by atoms with E-state index in [2.05, 4.69) is 14.7 Å². The van der Waals surface area contributed by atoms with Crippen molar-refractivity contribution < 1.29 is 22.7 Å². The normalized spacial score (nSPS) is 16.6. The third-order valence-corrected chi connectivity index (χ3v) is 9.15. The predicted molar refractivity (Wildman–Crippen MR) is 160 cm³/mol. The molecule has 2 saturated heterocycles. The molecule has 0 atom stereocenters. The number of amides is 1. The molecule has 2 fully saturated rings. The number of benzene rings is 2. The quantitative estimate of drug-likeness (QED) is 0.264. The van der Waals surface area contributed by atoms with E-state index in [1.165, 1.54) is 12.5 Å². The second kappa shape index (κ2) is 12.7. The summed E-state index contributed by atoms with van der Waals surface area (Å²) in [6, 6.07) is 17.3. The van der Waals surface area contributed by atoms with Crippen LogP contribution in [0.1, 0.15) is 53.0 Å². The van der Waals surface area contributed by atoms with E-state index < -0.39 is 9.84 Å². The number of rotatable bonds is 8. The van der Waals surface area contributed by atoms with Crippen LogP contribution in [0.5, 0.6) is 5.75 Å². The minimum absolute atomic E-state index is 0.00749. The standard InChI is InChI=1S/C32H34N4O5S/c1-33-25-4-8-27(9-5-25)41-28-15-19-36(20-16-28)32(38)30-12-3-24(22-34-30)31(37)21-23-13-17-35(18-14-23)26-6-10-29(11-7-26)42(2,39)40/h3-12,22-23,28H,13-21H2,2H3. The van der Waals surface area contributed by atoms with E-state index in [-0.39, 0.29) is 23.7 Å². The number of pyridine rings is 1. The monoisotopic (exact) mass is 586 g/mol. The van der Waals surface area contributed by atoms with Gasteiger partial charge in [-0.3, -0.25) is 14.6 Å². The summed E-state index contributed by atoms with van der Waals surface area (Å²) in [6.07, 6.45) is 6.31. The van der Waals surface area contributed by atoms with Gasteiger partial charge in [0.15, 0.2) is 21.3 Å². The van der Waals surface area contributed by atoms with Gasteiger partial charge in [-0.15, -0.1) is 0 Å². The van der Waals surface area contributed by atoms with E-state index in [1.54, 1.807) is 53.4 Å². The van der Waals surface area contributed by atoms with Gasteiger partial charge in [0.2, 0.25) is 0 Å². The Hall–Kier alpha value is -4.23. The largest absolute Gasteiger partial charge is 0.490 e. The molecule has 0 saturated carbocycles. The summed E-state index contributed by atoms with van der Waals surface area (Å²) < 4.78 is 29.4. The van der Waals surface area contributed by atoms with Crippen molar-refractivity contribution in [1.29, 1.82) is 0 Å². The lowest BCUT2D eigenvalue weighted by Gasteiger charge is -2.33. The summed E-state index contributed by atoms with van der Waals surface area (Å²) in [7, 11) is -3.22. The molecule has 2 aliphatic heterocycles. The maximum Gasteiger partial charge on any atom is 0.272 e. The highest BCUT2D eigenvalue weighted by atomic mass is 32.2. The predicted octanol–water partition coefficient (Wildman–Crippen LogP) is 5.21. The Morgan fingerprint density at radius 1 is 0.929 bits per heavy atom. The summed E-state index contributed by atoms with van der Waals surface area (Å²) in [6.45, 7) is 9.78. The molecule has 1 amide bonds. The highest BCUT2D eigenvalue weighted by Crippen LogP contribution is 2.28. The number of sulfone groups is 1. The molecule has 5 rings (SSSR count). The number of Topliss-reactive ketones (excluding diaryl/α,β-unsaturated/α-hetero) is 1. The molecule has 3 aromatic rings. The lowest BCUT2D eigenvalue weighted by Crippen LogP contribution is -2.42. The Morgan fingerprint density at radius 2 is 1.60 bits per heavy atom. The summed E-state index contributed by atoms with van der Waals surface area (Å²) in [5, 5.41) is 0. The molecule has 42 heavy (non-hydrogen) atoms. The van der Waals surface area contributed by atoms with Crippen molar-refractivity contribution in [3.05, 3.63) is 89.5 Å². The molecule has 0 aliphatic carbocycles. The minimum Gasteiger partial charge on any atom is -0.490 e. The molecular weight excluding hydrogens is 552 g/mol. The SMILES string of the molecule is [C-]#[N+]c1ccc(OC2CCN(C(=O)c3ccc(C(=O)CC4CCN(c5ccc(S(C)(=O)=O)cc5)CC4)cn3)CC2)cc1. The van der Waals surface area contributed by atoms with Crippen molar-refractivity contribution in [2.75, 3.05) is 37.3 Å². The number of carbonyl (C=O) groups excluding carboxylic acids is 2. The number of ketones is 1. The fraction of sp³-hybridized carbons (Fsp3) is 0.375. The number of ether oxygens (including phenoxy) is 1. The molecule has 1 aromatic heterocycles. The van der Waals surface area contributed by atoms with Gasteiger partial charge in [-0.1, -0.05) is 12.1 Å². The van der Waals surface area contributed by atoms with Gasteiger partial charge in [0.1, 0.15) is 17.5 Å². The zero-order chi connectivity index (χ0) is 29.7. The topological polar surface area (TPSA) is 101 Å². The first-order valence-electron chi connectivity index (χ1n) is 14.2. The Bertz CT molecular complexity index is 1550. The Balaban J connectivity index is 1.07. The maximum absolute atomic E-state index is 13.0. The molecule has 0 N–H and O–H groups in total. The second-order valence-electron chi connectivity index (χ2n) is 11.0. The maximum atomic E-state index is 13.0. The molecular formula is C32H34N4O5S. The molecule has 10 heteroatoms. The lowest BCUT2D eigenvalue weighted by atomic mass is 9.90. The lowest BCUT2D eigenvalue weighted by molar-refractivity contribution is 0.0589. The van der Waals surface area contributed by atoms with E-state index in [9.17, 15) is 18.0 Å². The van der Waals surface area contributed by atoms with Crippen LogP contribution in [0.15, 0.2) is 71.8 Å². The highest BCUT2D eigenvalue weighted by molar-refractivity contribution is 7.90. The zero-order valence-corrected chi connectivity index (χ0v) is 24.4. The van der Waals surface area contributed by atoms with Crippen LogP contribution < -0.4 is 9.64 Å². The zero-order valence-electron chi connectivity index (χ0n) is 23.6. The van der Waals surface area contributed by atoms with E-state index in [1.807, 2.05) is 12.1 Å². The van der Waals surface area contributed by atoms with Gasteiger partial charge in [-0.2, -0.15) is 0 Å². The first-order valence-corrected chi connectivity index (χ1v) is 16.1. The number of hydrogen-bond donors (Lipinski definition) is 0. The van der Waals surface area contributed by atoms with Crippen LogP contribution in [-0.4, -0.2) is 68.5 Å². The van der Waals surface area contributed by atoms with Crippen LogP contribution in [0, 0.1) is 12.5 Å². The first-order chi connectivity index (χ1) is 20.2. The fourth-order valence-electron chi connectivity index (χ4n) is 5.50. The molecule has 2 aliphatic rings. The number of piperidine rings is 2.